The molecule has 0 spiro atoms. The number of ether oxygens (including phenoxy) is 1. The van der Waals surface area contributed by atoms with Crippen LogP contribution in [-0.4, -0.2) is 19.3 Å². The second-order valence-electron chi connectivity index (χ2n) is 5.02. The molecule has 1 aromatic heterocycles. The van der Waals surface area contributed by atoms with Crippen molar-refractivity contribution in [3.05, 3.63) is 23.7 Å². The summed E-state index contributed by atoms with van der Waals surface area (Å²) in [6, 6.07) is 4.43. The van der Waals surface area contributed by atoms with E-state index in [1.165, 1.54) is 0 Å². The van der Waals surface area contributed by atoms with Gasteiger partial charge in [-0.3, -0.25) is 0 Å². The Labute approximate surface area is 104 Å². The number of nitrogens with one attached hydrogen (secondary N) is 1. The summed E-state index contributed by atoms with van der Waals surface area (Å²) >= 11 is 0. The Morgan fingerprint density at radius 3 is 2.82 bits per heavy atom. The minimum absolute atomic E-state index is 0.300. The predicted octanol–water partition coefficient (Wildman–Crippen LogP) is 3.05. The first-order valence-electron chi connectivity index (χ1n) is 6.62. The van der Waals surface area contributed by atoms with E-state index in [-0.39, 0.29) is 0 Å². The molecule has 1 aliphatic rings. The van der Waals surface area contributed by atoms with Gasteiger partial charge in [0.2, 0.25) is 0 Å². The number of aryl methyl sites for hydroxylation is 1. The molecule has 2 rings (SSSR count). The third kappa shape index (κ3) is 3.11. The predicted molar refractivity (Wildman–Crippen MR) is 68.0 cm³/mol. The summed E-state index contributed by atoms with van der Waals surface area (Å²) in [6.07, 6.45) is 2.63. The summed E-state index contributed by atoms with van der Waals surface area (Å²) in [7, 11) is 0. The van der Waals surface area contributed by atoms with Gasteiger partial charge < -0.3 is 14.5 Å². The molecule has 3 unspecified atom stereocenters. The molecular weight excluding hydrogens is 214 g/mol. The van der Waals surface area contributed by atoms with Crippen molar-refractivity contribution in [2.75, 3.05) is 13.2 Å². The highest BCUT2D eigenvalue weighted by Gasteiger charge is 2.31. The zero-order valence-corrected chi connectivity index (χ0v) is 11.0. The second-order valence-corrected chi connectivity index (χ2v) is 5.02. The monoisotopic (exact) mass is 237 g/mol. The van der Waals surface area contributed by atoms with E-state index in [1.807, 2.05) is 13.0 Å². The zero-order valence-electron chi connectivity index (χ0n) is 11.0. The van der Waals surface area contributed by atoms with Crippen molar-refractivity contribution < 1.29 is 9.15 Å². The van der Waals surface area contributed by atoms with Crippen molar-refractivity contribution >= 4 is 0 Å². The molecule has 2 heterocycles. The van der Waals surface area contributed by atoms with Gasteiger partial charge in [0.05, 0.1) is 18.8 Å². The Hall–Kier alpha value is -0.800. The molecule has 0 aliphatic carbocycles. The molecule has 0 aromatic carbocycles. The maximum atomic E-state index is 5.77. The van der Waals surface area contributed by atoms with E-state index >= 15 is 0 Å². The summed E-state index contributed by atoms with van der Waals surface area (Å²) in [4.78, 5) is 0. The fraction of sp³-hybridized carbons (Fsp3) is 0.714. The third-order valence-electron chi connectivity index (χ3n) is 3.38. The van der Waals surface area contributed by atoms with Gasteiger partial charge in [-0.2, -0.15) is 0 Å². The van der Waals surface area contributed by atoms with Crippen molar-refractivity contribution in [1.82, 2.24) is 5.32 Å². The highest BCUT2D eigenvalue weighted by atomic mass is 16.5. The molecule has 1 saturated heterocycles. The number of furan rings is 1. The van der Waals surface area contributed by atoms with E-state index in [9.17, 15) is 0 Å². The van der Waals surface area contributed by atoms with Gasteiger partial charge in [-0.05, 0) is 45.4 Å². The van der Waals surface area contributed by atoms with Gasteiger partial charge in [-0.25, -0.2) is 0 Å². The molecule has 3 atom stereocenters. The molecule has 0 saturated carbocycles. The lowest BCUT2D eigenvalue weighted by molar-refractivity contribution is 0.115. The first-order chi connectivity index (χ1) is 8.20. The zero-order chi connectivity index (χ0) is 12.3. The van der Waals surface area contributed by atoms with Gasteiger partial charge in [0.1, 0.15) is 11.5 Å². The van der Waals surface area contributed by atoms with Crippen LogP contribution in [0.2, 0.25) is 0 Å². The maximum Gasteiger partial charge on any atom is 0.121 e. The topological polar surface area (TPSA) is 34.4 Å². The largest absolute Gasteiger partial charge is 0.465 e. The highest BCUT2D eigenvalue weighted by molar-refractivity contribution is 5.11. The van der Waals surface area contributed by atoms with E-state index < -0.39 is 0 Å². The van der Waals surface area contributed by atoms with E-state index in [0.717, 1.165) is 37.5 Å². The fourth-order valence-corrected chi connectivity index (χ4v) is 2.50. The Balaban J connectivity index is 2.07. The van der Waals surface area contributed by atoms with Crippen LogP contribution in [-0.2, 0) is 4.74 Å². The van der Waals surface area contributed by atoms with Crippen LogP contribution >= 0.6 is 0 Å². The second kappa shape index (κ2) is 5.69. The molecule has 1 N–H and O–H groups in total. The summed E-state index contributed by atoms with van der Waals surface area (Å²) < 4.78 is 11.4. The first kappa shape index (κ1) is 12.7. The fourth-order valence-electron chi connectivity index (χ4n) is 2.50. The summed E-state index contributed by atoms with van der Waals surface area (Å²) in [6.45, 7) is 8.18. The van der Waals surface area contributed by atoms with Crippen molar-refractivity contribution in [1.29, 1.82) is 0 Å². The molecule has 1 aromatic rings. The van der Waals surface area contributed by atoms with Gasteiger partial charge in [0.25, 0.3) is 0 Å². The molecule has 17 heavy (non-hydrogen) atoms. The minimum Gasteiger partial charge on any atom is -0.465 e. The molecule has 96 valence electrons. The van der Waals surface area contributed by atoms with Gasteiger partial charge in [-0.1, -0.05) is 6.92 Å². The molecule has 0 bridgehead atoms. The lowest BCUT2D eigenvalue weighted by atomic mass is 9.95. The minimum atomic E-state index is 0.300. The lowest BCUT2D eigenvalue weighted by Gasteiger charge is -2.21. The number of hydrogen-bond acceptors (Lipinski definition) is 3. The van der Waals surface area contributed by atoms with E-state index in [4.69, 9.17) is 9.15 Å². The Kier molecular flexibility index (Phi) is 4.24. The maximum absolute atomic E-state index is 5.77. The van der Waals surface area contributed by atoms with Gasteiger partial charge in [0, 0.05) is 5.92 Å². The van der Waals surface area contributed by atoms with E-state index in [1.54, 1.807) is 0 Å². The Bertz CT molecular complexity index is 348. The Morgan fingerprint density at radius 2 is 2.29 bits per heavy atom. The van der Waals surface area contributed by atoms with Crippen LogP contribution in [0.3, 0.4) is 0 Å². The van der Waals surface area contributed by atoms with Crippen LogP contribution in [0.1, 0.15) is 44.3 Å². The van der Waals surface area contributed by atoms with E-state index in [2.05, 4.69) is 25.2 Å². The smallest absolute Gasteiger partial charge is 0.121 e. The summed E-state index contributed by atoms with van der Waals surface area (Å²) in [5.41, 5.74) is 0. The SMILES string of the molecule is CCCNC(c1ccc(C)o1)C1COC(C)C1. The average Bonchev–Trinajstić information content (AvgIpc) is 2.89. The molecule has 0 radical (unpaired) electrons. The average molecular weight is 237 g/mol. The van der Waals surface area contributed by atoms with Crippen LogP contribution in [0, 0.1) is 12.8 Å². The van der Waals surface area contributed by atoms with Crippen LogP contribution in [0.4, 0.5) is 0 Å². The molecule has 0 amide bonds. The molecule has 3 nitrogen and oxygen atoms in total. The molecular formula is C14H23NO2. The van der Waals surface area contributed by atoms with Crippen molar-refractivity contribution in [2.24, 2.45) is 5.92 Å². The normalized spacial score (nSPS) is 26.3. The first-order valence-corrected chi connectivity index (χ1v) is 6.62. The van der Waals surface area contributed by atoms with Crippen molar-refractivity contribution in [3.8, 4) is 0 Å². The van der Waals surface area contributed by atoms with Crippen LogP contribution < -0.4 is 5.32 Å². The standard InChI is InChI=1S/C14H23NO2/c1-4-7-15-14(12-8-11(3)16-9-12)13-6-5-10(2)17-13/h5-6,11-12,14-15H,4,7-9H2,1-3H3. The molecule has 1 aliphatic heterocycles. The lowest BCUT2D eigenvalue weighted by Crippen LogP contribution is -2.29. The summed E-state index contributed by atoms with van der Waals surface area (Å²) in [5.74, 6) is 2.57. The van der Waals surface area contributed by atoms with Crippen LogP contribution in [0.15, 0.2) is 16.5 Å². The van der Waals surface area contributed by atoms with Gasteiger partial charge in [-0.15, -0.1) is 0 Å². The van der Waals surface area contributed by atoms with Crippen LogP contribution in [0.25, 0.3) is 0 Å². The van der Waals surface area contributed by atoms with Crippen molar-refractivity contribution in [3.63, 3.8) is 0 Å². The third-order valence-corrected chi connectivity index (χ3v) is 3.38. The summed E-state index contributed by atoms with van der Waals surface area (Å²) in [5, 5.41) is 3.59. The number of hydrogen-bond donors (Lipinski definition) is 1. The Morgan fingerprint density at radius 1 is 1.47 bits per heavy atom. The highest BCUT2D eigenvalue weighted by Crippen LogP contribution is 2.32. The van der Waals surface area contributed by atoms with Gasteiger partial charge >= 0.3 is 0 Å². The van der Waals surface area contributed by atoms with Gasteiger partial charge in [0.15, 0.2) is 0 Å². The van der Waals surface area contributed by atoms with E-state index in [0.29, 0.717) is 18.1 Å². The molecule has 3 heteroatoms. The van der Waals surface area contributed by atoms with Crippen molar-refractivity contribution in [2.45, 2.75) is 45.8 Å². The molecule has 1 fully saturated rings. The quantitative estimate of drug-likeness (QED) is 0.854. The number of rotatable bonds is 5. The van der Waals surface area contributed by atoms with Crippen LogP contribution in [0.5, 0.6) is 0 Å².